The summed E-state index contributed by atoms with van der Waals surface area (Å²) in [5, 5.41) is 13.4. The number of fused-ring (bicyclic) bond motifs is 1. The molecule has 0 aliphatic heterocycles. The van der Waals surface area contributed by atoms with Crippen LogP contribution in [0.5, 0.6) is 0 Å². The molecule has 3 heterocycles. The van der Waals surface area contributed by atoms with E-state index in [0.717, 1.165) is 11.1 Å². The van der Waals surface area contributed by atoms with Crippen LogP contribution >= 0.6 is 11.6 Å². The molecule has 31 heavy (non-hydrogen) atoms. The lowest BCUT2D eigenvalue weighted by Gasteiger charge is -2.19. The highest BCUT2D eigenvalue weighted by molar-refractivity contribution is 6.29. The van der Waals surface area contributed by atoms with Crippen molar-refractivity contribution in [2.24, 2.45) is 0 Å². The van der Waals surface area contributed by atoms with Crippen LogP contribution in [0.4, 0.5) is 5.69 Å². The van der Waals surface area contributed by atoms with Gasteiger partial charge in [-0.1, -0.05) is 23.7 Å². The fourth-order valence-electron chi connectivity index (χ4n) is 3.58. The second-order valence-corrected chi connectivity index (χ2v) is 7.73. The molecule has 6 nitrogen and oxygen atoms in total. The third kappa shape index (κ3) is 3.88. The molecule has 4 aromatic rings. The van der Waals surface area contributed by atoms with Crippen molar-refractivity contribution in [3.05, 3.63) is 86.4 Å². The van der Waals surface area contributed by atoms with Crippen molar-refractivity contribution < 1.29 is 4.42 Å². The zero-order valence-electron chi connectivity index (χ0n) is 17.2. The van der Waals surface area contributed by atoms with Crippen molar-refractivity contribution in [2.75, 3.05) is 5.32 Å². The molecule has 0 aliphatic rings. The number of benzene rings is 1. The predicted molar refractivity (Wildman–Crippen MR) is 121 cm³/mol. The van der Waals surface area contributed by atoms with E-state index >= 15 is 0 Å². The molecule has 4 rings (SSSR count). The minimum atomic E-state index is -0.278. The molecular weight excluding hydrogens is 412 g/mol. The van der Waals surface area contributed by atoms with Crippen LogP contribution in [0.15, 0.2) is 57.9 Å². The predicted octanol–water partition coefficient (Wildman–Crippen LogP) is 5.57. The molecule has 0 amide bonds. The van der Waals surface area contributed by atoms with Crippen molar-refractivity contribution >= 4 is 28.3 Å². The van der Waals surface area contributed by atoms with Gasteiger partial charge in [-0.2, -0.15) is 5.26 Å². The summed E-state index contributed by atoms with van der Waals surface area (Å²) in [7, 11) is 0. The third-order valence-electron chi connectivity index (χ3n) is 5.10. The second kappa shape index (κ2) is 8.21. The lowest BCUT2D eigenvalue weighted by atomic mass is 9.99. The maximum atomic E-state index is 13.2. The summed E-state index contributed by atoms with van der Waals surface area (Å²) in [6.07, 6.45) is 1.66. The molecule has 0 spiro atoms. The number of aryl methyl sites for hydroxylation is 1. The zero-order chi connectivity index (χ0) is 22.1. The molecule has 1 N–H and O–H groups in total. The fourth-order valence-corrected chi connectivity index (χ4v) is 3.73. The number of halogens is 1. The molecule has 1 atom stereocenters. The molecule has 1 aromatic carbocycles. The standard InChI is InChI=1S/C24H19ClN4O2/c1-13-10-16(15(3)28-18-7-8-21(25)29-20(18)12-26)24-17(11-13)22(30)14(2)23(31-24)19-6-4-5-9-27-19/h4-11,15,28H,1-3H3/t15-/m1/s1. The van der Waals surface area contributed by atoms with Gasteiger partial charge in [-0.3, -0.25) is 9.78 Å². The van der Waals surface area contributed by atoms with Crippen molar-refractivity contribution in [3.8, 4) is 17.5 Å². The number of nitriles is 1. The summed E-state index contributed by atoms with van der Waals surface area (Å²) in [6.45, 7) is 5.61. The number of nitrogens with one attached hydrogen (secondary N) is 1. The third-order valence-corrected chi connectivity index (χ3v) is 5.31. The second-order valence-electron chi connectivity index (χ2n) is 7.34. The van der Waals surface area contributed by atoms with Gasteiger partial charge in [0.15, 0.2) is 16.9 Å². The molecular formula is C24H19ClN4O2. The van der Waals surface area contributed by atoms with Gasteiger partial charge in [0.1, 0.15) is 22.5 Å². The lowest BCUT2D eigenvalue weighted by molar-refractivity contribution is 0.603. The van der Waals surface area contributed by atoms with E-state index in [1.54, 1.807) is 25.3 Å². The van der Waals surface area contributed by atoms with Crippen molar-refractivity contribution in [1.82, 2.24) is 9.97 Å². The minimum absolute atomic E-state index is 0.0927. The first-order chi connectivity index (χ1) is 14.9. The van der Waals surface area contributed by atoms with Crippen LogP contribution in [0.2, 0.25) is 5.15 Å². The van der Waals surface area contributed by atoms with Crippen LogP contribution < -0.4 is 10.7 Å². The highest BCUT2D eigenvalue weighted by Crippen LogP contribution is 2.32. The minimum Gasteiger partial charge on any atom is -0.454 e. The Morgan fingerprint density at radius 2 is 2.00 bits per heavy atom. The van der Waals surface area contributed by atoms with Gasteiger partial charge in [0.05, 0.1) is 17.1 Å². The van der Waals surface area contributed by atoms with Gasteiger partial charge in [-0.05, 0) is 56.7 Å². The highest BCUT2D eigenvalue weighted by Gasteiger charge is 2.20. The quantitative estimate of drug-likeness (QED) is 0.426. The Kier molecular flexibility index (Phi) is 5.45. The molecule has 0 fully saturated rings. The van der Waals surface area contributed by atoms with Gasteiger partial charge in [-0.15, -0.1) is 0 Å². The summed E-state index contributed by atoms with van der Waals surface area (Å²) >= 11 is 5.91. The van der Waals surface area contributed by atoms with Gasteiger partial charge in [0.25, 0.3) is 0 Å². The van der Waals surface area contributed by atoms with E-state index in [-0.39, 0.29) is 22.3 Å². The van der Waals surface area contributed by atoms with E-state index in [9.17, 15) is 10.1 Å². The summed E-state index contributed by atoms with van der Waals surface area (Å²) in [4.78, 5) is 21.6. The Morgan fingerprint density at radius 1 is 1.19 bits per heavy atom. The molecule has 0 saturated carbocycles. The van der Waals surface area contributed by atoms with Crippen LogP contribution in [0.3, 0.4) is 0 Å². The molecule has 154 valence electrons. The smallest absolute Gasteiger partial charge is 0.196 e. The van der Waals surface area contributed by atoms with E-state index in [1.807, 2.05) is 50.2 Å². The van der Waals surface area contributed by atoms with Crippen molar-refractivity contribution in [1.29, 1.82) is 5.26 Å². The van der Waals surface area contributed by atoms with Crippen LogP contribution in [0, 0.1) is 25.2 Å². The number of hydrogen-bond donors (Lipinski definition) is 1. The normalized spacial score (nSPS) is 11.8. The Hall–Kier alpha value is -3.69. The molecule has 7 heteroatoms. The maximum absolute atomic E-state index is 13.2. The highest BCUT2D eigenvalue weighted by atomic mass is 35.5. The van der Waals surface area contributed by atoms with E-state index in [1.165, 1.54) is 0 Å². The van der Waals surface area contributed by atoms with E-state index in [4.69, 9.17) is 16.0 Å². The van der Waals surface area contributed by atoms with Crippen LogP contribution in [0.25, 0.3) is 22.4 Å². The van der Waals surface area contributed by atoms with E-state index in [0.29, 0.717) is 33.7 Å². The molecule has 3 aromatic heterocycles. The fraction of sp³-hybridized carbons (Fsp3) is 0.167. The SMILES string of the molecule is Cc1cc([C@@H](C)Nc2ccc(Cl)nc2C#N)c2oc(-c3ccccn3)c(C)c(=O)c2c1. The first-order valence-electron chi connectivity index (χ1n) is 9.71. The Labute approximate surface area is 184 Å². The monoisotopic (exact) mass is 430 g/mol. The van der Waals surface area contributed by atoms with Gasteiger partial charge in [0, 0.05) is 17.3 Å². The summed E-state index contributed by atoms with van der Waals surface area (Å²) < 4.78 is 6.28. The van der Waals surface area contributed by atoms with Crippen molar-refractivity contribution in [3.63, 3.8) is 0 Å². The van der Waals surface area contributed by atoms with E-state index < -0.39 is 0 Å². The van der Waals surface area contributed by atoms with Gasteiger partial charge >= 0.3 is 0 Å². The van der Waals surface area contributed by atoms with Gasteiger partial charge < -0.3 is 9.73 Å². The number of pyridine rings is 2. The van der Waals surface area contributed by atoms with Gasteiger partial charge in [0.2, 0.25) is 0 Å². The summed E-state index contributed by atoms with van der Waals surface area (Å²) in [5.41, 5.74) is 3.98. The van der Waals surface area contributed by atoms with Crippen LogP contribution in [0.1, 0.15) is 35.3 Å². The average Bonchev–Trinajstić information content (AvgIpc) is 2.77. The maximum Gasteiger partial charge on any atom is 0.196 e. The largest absolute Gasteiger partial charge is 0.454 e. The van der Waals surface area contributed by atoms with Crippen LogP contribution in [-0.2, 0) is 0 Å². The Bertz CT molecular complexity index is 1390. The first-order valence-corrected chi connectivity index (χ1v) is 10.1. The molecule has 0 aliphatic carbocycles. The Morgan fingerprint density at radius 3 is 2.71 bits per heavy atom. The summed E-state index contributed by atoms with van der Waals surface area (Å²) in [5.74, 6) is 0.446. The van der Waals surface area contributed by atoms with Gasteiger partial charge in [-0.25, -0.2) is 4.98 Å². The summed E-state index contributed by atoms with van der Waals surface area (Å²) in [6, 6.07) is 14.4. The number of anilines is 1. The number of aromatic nitrogens is 2. The Balaban J connectivity index is 1.89. The topological polar surface area (TPSA) is 91.8 Å². The van der Waals surface area contributed by atoms with Crippen molar-refractivity contribution in [2.45, 2.75) is 26.8 Å². The number of hydrogen-bond acceptors (Lipinski definition) is 6. The molecule has 0 unspecified atom stereocenters. The molecule has 0 bridgehead atoms. The number of rotatable bonds is 4. The average molecular weight is 431 g/mol. The lowest BCUT2D eigenvalue weighted by Crippen LogP contribution is -2.13. The zero-order valence-corrected chi connectivity index (χ0v) is 18.0. The first kappa shape index (κ1) is 20.6. The molecule has 0 radical (unpaired) electrons. The number of nitrogens with zero attached hydrogens (tertiary/aromatic N) is 3. The van der Waals surface area contributed by atoms with E-state index in [2.05, 4.69) is 15.3 Å². The van der Waals surface area contributed by atoms with Crippen LogP contribution in [-0.4, -0.2) is 9.97 Å². The molecule has 0 saturated heterocycles.